The highest BCUT2D eigenvalue weighted by molar-refractivity contribution is 6.30. The number of piperazine rings is 1. The molecule has 1 aromatic carbocycles. The van der Waals surface area contributed by atoms with Gasteiger partial charge < -0.3 is 10.2 Å². The number of fused-ring (bicyclic) bond motifs is 1. The molecule has 27 heavy (non-hydrogen) atoms. The zero-order valence-corrected chi connectivity index (χ0v) is 16.6. The van der Waals surface area contributed by atoms with Gasteiger partial charge in [0.1, 0.15) is 11.6 Å². The molecule has 4 rings (SSSR count). The number of nitrogens with one attached hydrogen (secondary N) is 1. The lowest BCUT2D eigenvalue weighted by molar-refractivity contribution is 0.569. The van der Waals surface area contributed by atoms with Crippen molar-refractivity contribution in [1.82, 2.24) is 25.1 Å². The number of hydrogen-bond donors (Lipinski definition) is 1. The molecule has 1 fully saturated rings. The minimum absolute atomic E-state index is 0.616. The van der Waals surface area contributed by atoms with Gasteiger partial charge in [0.25, 0.3) is 0 Å². The number of aryl methyl sites for hydroxylation is 1. The Morgan fingerprint density at radius 2 is 2.00 bits per heavy atom. The summed E-state index contributed by atoms with van der Waals surface area (Å²) in [6.07, 6.45) is 3.81. The molecule has 3 heterocycles. The summed E-state index contributed by atoms with van der Waals surface area (Å²) in [6, 6.07) is 7.71. The molecule has 0 saturated carbocycles. The number of rotatable bonds is 5. The number of aromatic nitrogens is 4. The molecule has 0 spiro atoms. The monoisotopic (exact) mass is 384 g/mol. The fraction of sp³-hybridized carbons (Fsp3) is 0.450. The second-order valence-corrected chi connectivity index (χ2v) is 7.84. The van der Waals surface area contributed by atoms with Crippen LogP contribution in [0.2, 0.25) is 5.02 Å². The largest absolute Gasteiger partial charge is 0.353 e. The van der Waals surface area contributed by atoms with Gasteiger partial charge in [0.05, 0.1) is 17.3 Å². The Labute approximate surface area is 164 Å². The first-order chi connectivity index (χ1) is 13.1. The first-order valence-corrected chi connectivity index (χ1v) is 9.96. The van der Waals surface area contributed by atoms with Crippen molar-refractivity contribution >= 4 is 28.5 Å². The maximum absolute atomic E-state index is 6.19. The maximum Gasteiger partial charge on any atom is 0.168 e. The van der Waals surface area contributed by atoms with E-state index in [-0.39, 0.29) is 0 Å². The summed E-state index contributed by atoms with van der Waals surface area (Å²) in [4.78, 5) is 12.1. The summed E-state index contributed by atoms with van der Waals surface area (Å²) in [7, 11) is 0. The van der Waals surface area contributed by atoms with E-state index in [1.807, 2.05) is 35.1 Å². The molecule has 1 N–H and O–H groups in total. The van der Waals surface area contributed by atoms with Crippen LogP contribution in [-0.2, 0) is 6.42 Å². The lowest BCUT2D eigenvalue weighted by Crippen LogP contribution is -2.44. The van der Waals surface area contributed by atoms with E-state index in [0.717, 1.165) is 67.4 Å². The van der Waals surface area contributed by atoms with E-state index in [9.17, 15) is 0 Å². The molecule has 0 radical (unpaired) electrons. The van der Waals surface area contributed by atoms with Gasteiger partial charge in [-0.1, -0.05) is 31.5 Å². The Morgan fingerprint density at radius 1 is 1.19 bits per heavy atom. The normalized spacial score (nSPS) is 15.0. The van der Waals surface area contributed by atoms with Crippen molar-refractivity contribution in [3.05, 3.63) is 41.3 Å². The van der Waals surface area contributed by atoms with Crippen molar-refractivity contribution in [3.8, 4) is 5.69 Å². The minimum atomic E-state index is 0.616. The number of anilines is 1. The fourth-order valence-electron chi connectivity index (χ4n) is 3.38. The summed E-state index contributed by atoms with van der Waals surface area (Å²) in [5.74, 6) is 2.49. The molecule has 1 aliphatic heterocycles. The molecule has 0 atom stereocenters. The quantitative estimate of drug-likeness (QED) is 0.729. The van der Waals surface area contributed by atoms with Gasteiger partial charge in [-0.15, -0.1) is 0 Å². The van der Waals surface area contributed by atoms with Crippen LogP contribution in [-0.4, -0.2) is 45.9 Å². The van der Waals surface area contributed by atoms with Crippen LogP contribution in [0.1, 0.15) is 26.1 Å². The van der Waals surface area contributed by atoms with Crippen LogP contribution in [0.25, 0.3) is 16.7 Å². The van der Waals surface area contributed by atoms with E-state index < -0.39 is 0 Å². The molecule has 1 saturated heterocycles. The molecule has 0 aliphatic carbocycles. The highest BCUT2D eigenvalue weighted by Gasteiger charge is 2.20. The third kappa shape index (κ3) is 3.92. The van der Waals surface area contributed by atoms with Gasteiger partial charge in [-0.3, -0.25) is 0 Å². The molecule has 3 aromatic rings. The van der Waals surface area contributed by atoms with Crippen molar-refractivity contribution in [2.24, 2.45) is 5.92 Å². The van der Waals surface area contributed by atoms with Gasteiger partial charge in [0.2, 0.25) is 0 Å². The third-order valence-corrected chi connectivity index (χ3v) is 5.10. The highest BCUT2D eigenvalue weighted by atomic mass is 35.5. The lowest BCUT2D eigenvalue weighted by Gasteiger charge is -2.29. The zero-order chi connectivity index (χ0) is 18.8. The molecule has 0 amide bonds. The van der Waals surface area contributed by atoms with Crippen LogP contribution in [0.15, 0.2) is 30.5 Å². The Morgan fingerprint density at radius 3 is 2.74 bits per heavy atom. The van der Waals surface area contributed by atoms with E-state index in [1.165, 1.54) is 0 Å². The SMILES string of the molecule is CC(C)CCc1nc(N2CCNCC2)c2cnn(-c3cccc(Cl)c3)c2n1. The summed E-state index contributed by atoms with van der Waals surface area (Å²) < 4.78 is 1.87. The van der Waals surface area contributed by atoms with Crippen molar-refractivity contribution in [2.75, 3.05) is 31.1 Å². The molecular formula is C20H25ClN6. The van der Waals surface area contributed by atoms with Crippen LogP contribution in [0.5, 0.6) is 0 Å². The molecule has 1 aliphatic rings. The first-order valence-electron chi connectivity index (χ1n) is 9.58. The zero-order valence-electron chi connectivity index (χ0n) is 15.8. The third-order valence-electron chi connectivity index (χ3n) is 4.87. The number of hydrogen-bond acceptors (Lipinski definition) is 5. The molecule has 0 unspecified atom stereocenters. The second-order valence-electron chi connectivity index (χ2n) is 7.41. The van der Waals surface area contributed by atoms with Crippen molar-refractivity contribution in [2.45, 2.75) is 26.7 Å². The van der Waals surface area contributed by atoms with Crippen LogP contribution >= 0.6 is 11.6 Å². The summed E-state index contributed by atoms with van der Waals surface area (Å²) in [5.41, 5.74) is 1.76. The Hall–Kier alpha value is -2.18. The highest BCUT2D eigenvalue weighted by Crippen LogP contribution is 2.27. The van der Waals surface area contributed by atoms with Crippen molar-refractivity contribution < 1.29 is 0 Å². The standard InChI is InChI=1S/C20H25ClN6/c1-14(2)6-7-18-24-19(26-10-8-22-9-11-26)17-13-23-27(20(17)25-18)16-5-3-4-15(21)12-16/h3-5,12-14,22H,6-11H2,1-2H3. The minimum Gasteiger partial charge on any atom is -0.353 e. The van der Waals surface area contributed by atoms with Gasteiger partial charge in [0.15, 0.2) is 5.65 Å². The molecule has 6 nitrogen and oxygen atoms in total. The van der Waals surface area contributed by atoms with Gasteiger partial charge in [-0.25, -0.2) is 14.6 Å². The van der Waals surface area contributed by atoms with Crippen LogP contribution < -0.4 is 10.2 Å². The number of halogens is 1. The van der Waals surface area contributed by atoms with Gasteiger partial charge in [-0.05, 0) is 30.5 Å². The summed E-state index contributed by atoms with van der Waals surface area (Å²) >= 11 is 6.19. The maximum atomic E-state index is 6.19. The van der Waals surface area contributed by atoms with E-state index in [1.54, 1.807) is 0 Å². The number of benzene rings is 1. The van der Waals surface area contributed by atoms with Gasteiger partial charge >= 0.3 is 0 Å². The van der Waals surface area contributed by atoms with E-state index in [2.05, 4.69) is 29.2 Å². The first kappa shape index (κ1) is 18.2. The Balaban J connectivity index is 1.83. The van der Waals surface area contributed by atoms with E-state index in [0.29, 0.717) is 10.9 Å². The fourth-order valence-corrected chi connectivity index (χ4v) is 3.57. The smallest absolute Gasteiger partial charge is 0.168 e. The topological polar surface area (TPSA) is 58.9 Å². The average molecular weight is 385 g/mol. The molecule has 142 valence electrons. The predicted molar refractivity (Wildman–Crippen MR) is 110 cm³/mol. The van der Waals surface area contributed by atoms with Crippen molar-refractivity contribution in [1.29, 1.82) is 0 Å². The van der Waals surface area contributed by atoms with E-state index in [4.69, 9.17) is 21.6 Å². The molecular weight excluding hydrogens is 360 g/mol. The molecule has 0 bridgehead atoms. The second kappa shape index (κ2) is 7.82. The summed E-state index contributed by atoms with van der Waals surface area (Å²) in [6.45, 7) is 8.28. The van der Waals surface area contributed by atoms with Crippen LogP contribution in [0, 0.1) is 5.92 Å². The lowest BCUT2D eigenvalue weighted by atomic mass is 10.1. The van der Waals surface area contributed by atoms with Gasteiger partial charge in [0, 0.05) is 37.6 Å². The van der Waals surface area contributed by atoms with Crippen LogP contribution in [0.3, 0.4) is 0 Å². The molecule has 7 heteroatoms. The van der Waals surface area contributed by atoms with Crippen LogP contribution in [0.4, 0.5) is 5.82 Å². The van der Waals surface area contributed by atoms with E-state index >= 15 is 0 Å². The van der Waals surface area contributed by atoms with Gasteiger partial charge in [-0.2, -0.15) is 5.10 Å². The number of nitrogens with zero attached hydrogens (tertiary/aromatic N) is 5. The summed E-state index contributed by atoms with van der Waals surface area (Å²) in [5, 5.41) is 9.69. The Kier molecular flexibility index (Phi) is 5.27. The molecule has 2 aromatic heterocycles. The van der Waals surface area contributed by atoms with Crippen molar-refractivity contribution in [3.63, 3.8) is 0 Å². The average Bonchev–Trinajstić information content (AvgIpc) is 3.10. The Bertz CT molecular complexity index is 929. The predicted octanol–water partition coefficient (Wildman–Crippen LogP) is 3.47.